The van der Waals surface area contributed by atoms with Crippen molar-refractivity contribution in [3.63, 3.8) is 0 Å². The molecule has 1 N–H and O–H groups in total. The van der Waals surface area contributed by atoms with E-state index in [1.54, 1.807) is 14.2 Å². The first-order valence-corrected chi connectivity index (χ1v) is 9.68. The summed E-state index contributed by atoms with van der Waals surface area (Å²) in [6.07, 6.45) is 0.538. The Hall–Kier alpha value is -2.34. The zero-order chi connectivity index (χ0) is 19.7. The molecule has 2 heterocycles. The Morgan fingerprint density at radius 2 is 1.82 bits per heavy atom. The Balaban J connectivity index is 1.89. The summed E-state index contributed by atoms with van der Waals surface area (Å²) >= 11 is 6.08. The molecule has 0 spiro atoms. The van der Waals surface area contributed by atoms with Crippen LogP contribution in [0.4, 0.5) is 0 Å². The van der Waals surface area contributed by atoms with Crippen LogP contribution in [-0.2, 0) is 6.54 Å². The number of rotatable bonds is 5. The minimum absolute atomic E-state index is 0.262. The lowest BCUT2D eigenvalue weighted by atomic mass is 10.0. The van der Waals surface area contributed by atoms with Crippen molar-refractivity contribution in [3.8, 4) is 22.8 Å². The number of halogens is 1. The molecule has 1 saturated heterocycles. The molecule has 1 atom stereocenters. The van der Waals surface area contributed by atoms with Crippen LogP contribution >= 0.6 is 11.6 Å². The van der Waals surface area contributed by atoms with Crippen molar-refractivity contribution < 1.29 is 14.6 Å². The van der Waals surface area contributed by atoms with Gasteiger partial charge in [-0.1, -0.05) is 23.7 Å². The van der Waals surface area contributed by atoms with E-state index in [0.717, 1.165) is 46.4 Å². The lowest BCUT2D eigenvalue weighted by molar-refractivity contribution is 0.175. The van der Waals surface area contributed by atoms with Gasteiger partial charge in [-0.05, 0) is 42.3 Å². The van der Waals surface area contributed by atoms with E-state index in [2.05, 4.69) is 11.0 Å². The average molecular weight is 399 g/mol. The van der Waals surface area contributed by atoms with Crippen LogP contribution in [0.15, 0.2) is 42.5 Å². The molecule has 0 bridgehead atoms. The Labute approximate surface area is 169 Å². The molecule has 6 heteroatoms. The van der Waals surface area contributed by atoms with Crippen molar-refractivity contribution in [2.75, 3.05) is 27.3 Å². The van der Waals surface area contributed by atoms with Crippen molar-refractivity contribution in [1.82, 2.24) is 9.88 Å². The number of ether oxygens (including phenoxy) is 2. The Bertz CT molecular complexity index is 991. The highest BCUT2D eigenvalue weighted by atomic mass is 35.5. The lowest BCUT2D eigenvalue weighted by Gasteiger charge is -2.19. The topological polar surface area (TPSA) is 54.8 Å². The lowest BCUT2D eigenvalue weighted by Crippen LogP contribution is -2.22. The second-order valence-corrected chi connectivity index (χ2v) is 7.48. The number of aliphatic hydroxyl groups is 1. The van der Waals surface area contributed by atoms with Gasteiger partial charge in [-0.25, -0.2) is 4.98 Å². The van der Waals surface area contributed by atoms with Gasteiger partial charge in [-0.15, -0.1) is 0 Å². The molecule has 5 nitrogen and oxygen atoms in total. The van der Waals surface area contributed by atoms with Crippen LogP contribution in [0.3, 0.4) is 0 Å². The molecule has 3 aromatic rings. The van der Waals surface area contributed by atoms with Gasteiger partial charge in [0, 0.05) is 35.6 Å². The SMILES string of the molecule is COc1ccc(OC)c2nc(-c3ccc(Cl)cc3)c(CN3CC[C@@H](O)C3)cc12. The van der Waals surface area contributed by atoms with Gasteiger partial charge < -0.3 is 14.6 Å². The number of nitrogens with zero attached hydrogens (tertiary/aromatic N) is 2. The van der Waals surface area contributed by atoms with E-state index < -0.39 is 0 Å². The summed E-state index contributed by atoms with van der Waals surface area (Å²) in [5.41, 5.74) is 3.72. The Morgan fingerprint density at radius 3 is 2.46 bits per heavy atom. The van der Waals surface area contributed by atoms with Crippen molar-refractivity contribution in [2.24, 2.45) is 0 Å². The third-order valence-electron chi connectivity index (χ3n) is 5.19. The minimum Gasteiger partial charge on any atom is -0.496 e. The Morgan fingerprint density at radius 1 is 1.11 bits per heavy atom. The summed E-state index contributed by atoms with van der Waals surface area (Å²) in [5, 5.41) is 11.5. The van der Waals surface area contributed by atoms with E-state index in [0.29, 0.717) is 23.9 Å². The molecule has 146 valence electrons. The fourth-order valence-electron chi connectivity index (χ4n) is 3.77. The van der Waals surface area contributed by atoms with Gasteiger partial charge in [0.25, 0.3) is 0 Å². The molecule has 0 unspecified atom stereocenters. The summed E-state index contributed by atoms with van der Waals surface area (Å²) < 4.78 is 11.1. The summed E-state index contributed by atoms with van der Waals surface area (Å²) in [7, 11) is 3.30. The van der Waals surface area contributed by atoms with Crippen molar-refractivity contribution in [2.45, 2.75) is 19.1 Å². The monoisotopic (exact) mass is 398 g/mol. The highest BCUT2D eigenvalue weighted by Gasteiger charge is 2.23. The molecule has 0 radical (unpaired) electrons. The van der Waals surface area contributed by atoms with Gasteiger partial charge in [-0.2, -0.15) is 0 Å². The smallest absolute Gasteiger partial charge is 0.145 e. The molecule has 1 aliphatic rings. The van der Waals surface area contributed by atoms with Crippen LogP contribution in [0.5, 0.6) is 11.5 Å². The second kappa shape index (κ2) is 7.95. The first kappa shape index (κ1) is 19.0. The van der Waals surface area contributed by atoms with Crippen molar-refractivity contribution >= 4 is 22.5 Å². The quantitative estimate of drug-likeness (QED) is 0.700. The molecule has 0 aliphatic carbocycles. The van der Waals surface area contributed by atoms with Gasteiger partial charge in [0.05, 0.1) is 26.0 Å². The van der Waals surface area contributed by atoms with Gasteiger partial charge >= 0.3 is 0 Å². The third kappa shape index (κ3) is 3.65. The molecule has 4 rings (SSSR count). The number of hydrogen-bond donors (Lipinski definition) is 1. The predicted octanol–water partition coefficient (Wildman–Crippen LogP) is 4.14. The second-order valence-electron chi connectivity index (χ2n) is 7.05. The van der Waals surface area contributed by atoms with E-state index in [-0.39, 0.29) is 6.10 Å². The maximum absolute atomic E-state index is 9.91. The maximum atomic E-state index is 9.91. The van der Waals surface area contributed by atoms with Gasteiger partial charge in [0.1, 0.15) is 17.0 Å². The number of aliphatic hydroxyl groups excluding tert-OH is 1. The number of likely N-dealkylation sites (tertiary alicyclic amines) is 1. The third-order valence-corrected chi connectivity index (χ3v) is 5.44. The summed E-state index contributed by atoms with van der Waals surface area (Å²) in [5.74, 6) is 1.46. The van der Waals surface area contributed by atoms with Gasteiger partial charge in [-0.3, -0.25) is 4.90 Å². The maximum Gasteiger partial charge on any atom is 0.145 e. The molecule has 2 aromatic carbocycles. The standard InChI is InChI=1S/C22H23ClN2O3/c1-27-19-7-8-20(28-2)22-18(19)11-15(12-25-10-9-17(26)13-25)21(24-22)14-3-5-16(23)6-4-14/h3-8,11,17,26H,9-10,12-13H2,1-2H3/t17-/m1/s1. The fraction of sp³-hybridized carbons (Fsp3) is 0.318. The van der Waals surface area contributed by atoms with Crippen LogP contribution in [0.1, 0.15) is 12.0 Å². The van der Waals surface area contributed by atoms with Crippen molar-refractivity contribution in [1.29, 1.82) is 0 Å². The normalized spacial score (nSPS) is 17.2. The average Bonchev–Trinajstić information content (AvgIpc) is 3.12. The highest BCUT2D eigenvalue weighted by Crippen LogP contribution is 2.36. The largest absolute Gasteiger partial charge is 0.496 e. The molecule has 0 amide bonds. The number of aromatic nitrogens is 1. The molecular formula is C22H23ClN2O3. The number of β-amino-alcohol motifs (C(OH)–C–C–N with tert-alkyl or cyclic N) is 1. The van der Waals surface area contributed by atoms with Crippen LogP contribution in [0, 0.1) is 0 Å². The number of methoxy groups -OCH3 is 2. The predicted molar refractivity (Wildman–Crippen MR) is 111 cm³/mol. The first-order chi connectivity index (χ1) is 13.6. The zero-order valence-corrected chi connectivity index (χ0v) is 16.7. The van der Waals surface area contributed by atoms with Crippen LogP contribution in [0.25, 0.3) is 22.2 Å². The highest BCUT2D eigenvalue weighted by molar-refractivity contribution is 6.30. The molecule has 1 aromatic heterocycles. The molecule has 1 aliphatic heterocycles. The van der Waals surface area contributed by atoms with E-state index in [1.165, 1.54) is 0 Å². The Kier molecular flexibility index (Phi) is 5.40. The number of fused-ring (bicyclic) bond motifs is 1. The fourth-order valence-corrected chi connectivity index (χ4v) is 3.89. The minimum atomic E-state index is -0.262. The molecule has 28 heavy (non-hydrogen) atoms. The van der Waals surface area contributed by atoms with Crippen LogP contribution < -0.4 is 9.47 Å². The van der Waals surface area contributed by atoms with E-state index in [9.17, 15) is 5.11 Å². The zero-order valence-electron chi connectivity index (χ0n) is 16.0. The number of hydrogen-bond acceptors (Lipinski definition) is 5. The number of benzene rings is 2. The van der Waals surface area contributed by atoms with Crippen LogP contribution in [0.2, 0.25) is 5.02 Å². The number of pyridine rings is 1. The van der Waals surface area contributed by atoms with E-state index in [1.807, 2.05) is 36.4 Å². The molecule has 0 saturated carbocycles. The van der Waals surface area contributed by atoms with Crippen LogP contribution in [-0.4, -0.2) is 48.4 Å². The van der Waals surface area contributed by atoms with Gasteiger partial charge in [0.2, 0.25) is 0 Å². The molecule has 1 fully saturated rings. The first-order valence-electron chi connectivity index (χ1n) is 9.30. The summed E-state index contributed by atoms with van der Waals surface area (Å²) in [6, 6.07) is 13.6. The van der Waals surface area contributed by atoms with Crippen molar-refractivity contribution in [3.05, 3.63) is 53.1 Å². The van der Waals surface area contributed by atoms with E-state index in [4.69, 9.17) is 26.1 Å². The summed E-state index contributed by atoms with van der Waals surface area (Å²) in [4.78, 5) is 7.23. The summed E-state index contributed by atoms with van der Waals surface area (Å²) in [6.45, 7) is 2.25. The molecular weight excluding hydrogens is 376 g/mol. The van der Waals surface area contributed by atoms with Gasteiger partial charge in [0.15, 0.2) is 0 Å². The van der Waals surface area contributed by atoms with E-state index >= 15 is 0 Å².